The Morgan fingerprint density at radius 2 is 2.06 bits per heavy atom. The summed E-state index contributed by atoms with van der Waals surface area (Å²) in [5, 5.41) is 5.38. The van der Waals surface area contributed by atoms with E-state index in [1.165, 1.54) is 29.0 Å². The summed E-state index contributed by atoms with van der Waals surface area (Å²) in [7, 11) is 1.39. The second-order valence-electron chi connectivity index (χ2n) is 4.26. The number of alkyl carbamates (subject to hydrolysis) is 1. The van der Waals surface area contributed by atoms with Crippen LogP contribution in [0.15, 0.2) is 36.4 Å². The lowest BCUT2D eigenvalue weighted by Gasteiger charge is -2.12. The molecule has 0 saturated carbocycles. The Morgan fingerprint density at radius 3 is 2.82 bits per heavy atom. The molecule has 0 bridgehead atoms. The van der Waals surface area contributed by atoms with Crippen LogP contribution in [-0.2, 0) is 11.2 Å². The average Bonchev–Trinajstić information content (AvgIpc) is 2.70. The van der Waals surface area contributed by atoms with Crippen LogP contribution in [0, 0.1) is 0 Å². The molecule has 1 aliphatic carbocycles. The standard InChI is InChI=1S/C14H13NO2/c1-17-14(16)15-12-8-10-6-2-4-9-5-3-7-11(12)13(9)10/h2-7,12H,8H2,1H3,(H,15,16)/t12-/m0/s1. The molecule has 0 aromatic heterocycles. The second kappa shape index (κ2) is 3.77. The van der Waals surface area contributed by atoms with Crippen molar-refractivity contribution in [3.63, 3.8) is 0 Å². The average molecular weight is 227 g/mol. The Bertz CT molecular complexity index is 587. The molecular weight excluding hydrogens is 214 g/mol. The summed E-state index contributed by atoms with van der Waals surface area (Å²) >= 11 is 0. The van der Waals surface area contributed by atoms with Gasteiger partial charge in [-0.05, 0) is 28.3 Å². The summed E-state index contributed by atoms with van der Waals surface area (Å²) in [4.78, 5) is 11.3. The van der Waals surface area contributed by atoms with Gasteiger partial charge in [0.2, 0.25) is 0 Å². The number of hydrogen-bond donors (Lipinski definition) is 1. The summed E-state index contributed by atoms with van der Waals surface area (Å²) in [5.41, 5.74) is 2.48. The van der Waals surface area contributed by atoms with E-state index in [-0.39, 0.29) is 12.1 Å². The van der Waals surface area contributed by atoms with Gasteiger partial charge < -0.3 is 10.1 Å². The fourth-order valence-electron chi connectivity index (χ4n) is 2.57. The summed E-state index contributed by atoms with van der Waals surface area (Å²) in [6.07, 6.45) is 0.464. The maximum Gasteiger partial charge on any atom is 0.407 e. The van der Waals surface area contributed by atoms with Gasteiger partial charge in [-0.1, -0.05) is 36.4 Å². The van der Waals surface area contributed by atoms with Crippen LogP contribution in [0.4, 0.5) is 4.79 Å². The molecule has 3 nitrogen and oxygen atoms in total. The lowest BCUT2D eigenvalue weighted by molar-refractivity contribution is 0.167. The number of methoxy groups -OCH3 is 1. The van der Waals surface area contributed by atoms with Crippen LogP contribution < -0.4 is 5.32 Å². The van der Waals surface area contributed by atoms with Crippen molar-refractivity contribution in [1.82, 2.24) is 5.32 Å². The Hall–Kier alpha value is -2.03. The van der Waals surface area contributed by atoms with Gasteiger partial charge in [0.05, 0.1) is 13.2 Å². The first-order valence-electron chi connectivity index (χ1n) is 5.64. The van der Waals surface area contributed by atoms with E-state index in [0.29, 0.717) is 0 Å². The Labute approximate surface area is 99.4 Å². The summed E-state index contributed by atoms with van der Waals surface area (Å²) < 4.78 is 4.66. The van der Waals surface area contributed by atoms with Crippen molar-refractivity contribution in [3.05, 3.63) is 47.5 Å². The fraction of sp³-hybridized carbons (Fsp3) is 0.214. The third-order valence-electron chi connectivity index (χ3n) is 3.30. The van der Waals surface area contributed by atoms with E-state index >= 15 is 0 Å². The topological polar surface area (TPSA) is 38.3 Å². The van der Waals surface area contributed by atoms with E-state index in [9.17, 15) is 4.79 Å². The largest absolute Gasteiger partial charge is 0.453 e. The minimum atomic E-state index is -0.375. The molecule has 1 aliphatic rings. The molecule has 1 amide bonds. The SMILES string of the molecule is COC(=O)N[C@H]1Cc2cccc3cccc1c23. The predicted molar refractivity (Wildman–Crippen MR) is 65.9 cm³/mol. The van der Waals surface area contributed by atoms with Crippen LogP contribution in [0.2, 0.25) is 0 Å². The van der Waals surface area contributed by atoms with Gasteiger partial charge in [-0.25, -0.2) is 4.79 Å². The zero-order valence-electron chi connectivity index (χ0n) is 9.57. The number of carbonyl (C=O) groups is 1. The number of nitrogens with one attached hydrogen (secondary N) is 1. The van der Waals surface area contributed by atoms with E-state index in [2.05, 4.69) is 40.4 Å². The highest BCUT2D eigenvalue weighted by molar-refractivity contribution is 5.91. The maximum absolute atomic E-state index is 11.3. The molecule has 0 saturated heterocycles. The van der Waals surface area contributed by atoms with E-state index in [1.807, 2.05) is 6.07 Å². The van der Waals surface area contributed by atoms with E-state index in [0.717, 1.165) is 6.42 Å². The van der Waals surface area contributed by atoms with Gasteiger partial charge in [0, 0.05) is 0 Å². The zero-order valence-corrected chi connectivity index (χ0v) is 9.57. The Morgan fingerprint density at radius 1 is 1.29 bits per heavy atom. The first kappa shape index (κ1) is 10.1. The number of carbonyl (C=O) groups excluding carboxylic acids is 1. The van der Waals surface area contributed by atoms with Crippen molar-refractivity contribution in [2.24, 2.45) is 0 Å². The molecule has 86 valence electrons. The number of ether oxygens (including phenoxy) is 1. The molecule has 0 heterocycles. The van der Waals surface area contributed by atoms with Crippen molar-refractivity contribution in [2.75, 3.05) is 7.11 Å². The molecule has 2 aromatic carbocycles. The van der Waals surface area contributed by atoms with Crippen molar-refractivity contribution in [1.29, 1.82) is 0 Å². The molecule has 1 atom stereocenters. The summed E-state index contributed by atoms with van der Waals surface area (Å²) in [6, 6.07) is 12.5. The molecular formula is C14H13NO2. The summed E-state index contributed by atoms with van der Waals surface area (Å²) in [6.45, 7) is 0. The Kier molecular flexibility index (Phi) is 2.25. The molecule has 0 unspecified atom stereocenters. The Balaban J connectivity index is 2.07. The third-order valence-corrected chi connectivity index (χ3v) is 3.30. The second-order valence-corrected chi connectivity index (χ2v) is 4.26. The van der Waals surface area contributed by atoms with Crippen LogP contribution in [0.25, 0.3) is 10.8 Å². The van der Waals surface area contributed by atoms with E-state index < -0.39 is 0 Å². The zero-order chi connectivity index (χ0) is 11.8. The molecule has 3 rings (SSSR count). The van der Waals surface area contributed by atoms with Gasteiger partial charge in [0.15, 0.2) is 0 Å². The fourth-order valence-corrected chi connectivity index (χ4v) is 2.57. The van der Waals surface area contributed by atoms with E-state index in [4.69, 9.17) is 0 Å². The molecule has 0 fully saturated rings. The van der Waals surface area contributed by atoms with Crippen LogP contribution in [-0.4, -0.2) is 13.2 Å². The monoisotopic (exact) mass is 227 g/mol. The summed E-state index contributed by atoms with van der Waals surface area (Å²) in [5.74, 6) is 0. The van der Waals surface area contributed by atoms with Crippen LogP contribution in [0.1, 0.15) is 17.2 Å². The predicted octanol–water partition coefficient (Wildman–Crippen LogP) is 2.79. The van der Waals surface area contributed by atoms with E-state index in [1.54, 1.807) is 0 Å². The van der Waals surface area contributed by atoms with Crippen molar-refractivity contribution in [2.45, 2.75) is 12.5 Å². The van der Waals surface area contributed by atoms with Crippen molar-refractivity contribution in [3.8, 4) is 0 Å². The number of benzene rings is 2. The van der Waals surface area contributed by atoms with Crippen molar-refractivity contribution >= 4 is 16.9 Å². The molecule has 0 aliphatic heterocycles. The molecule has 1 N–H and O–H groups in total. The molecule has 0 radical (unpaired) electrons. The first-order chi connectivity index (χ1) is 8.29. The molecule has 3 heteroatoms. The maximum atomic E-state index is 11.3. The molecule has 17 heavy (non-hydrogen) atoms. The lowest BCUT2D eigenvalue weighted by Crippen LogP contribution is -2.27. The van der Waals surface area contributed by atoms with Crippen LogP contribution >= 0.6 is 0 Å². The van der Waals surface area contributed by atoms with Crippen LogP contribution in [0.5, 0.6) is 0 Å². The molecule has 0 spiro atoms. The smallest absolute Gasteiger partial charge is 0.407 e. The highest BCUT2D eigenvalue weighted by atomic mass is 16.5. The first-order valence-corrected chi connectivity index (χ1v) is 5.64. The van der Waals surface area contributed by atoms with Gasteiger partial charge >= 0.3 is 6.09 Å². The third kappa shape index (κ3) is 1.55. The van der Waals surface area contributed by atoms with Gasteiger partial charge in [-0.3, -0.25) is 0 Å². The number of amides is 1. The van der Waals surface area contributed by atoms with Crippen molar-refractivity contribution < 1.29 is 9.53 Å². The number of rotatable bonds is 1. The lowest BCUT2D eigenvalue weighted by atomic mass is 10.0. The van der Waals surface area contributed by atoms with Gasteiger partial charge in [0.1, 0.15) is 0 Å². The minimum absolute atomic E-state index is 0.0311. The highest BCUT2D eigenvalue weighted by Gasteiger charge is 2.25. The van der Waals surface area contributed by atoms with Gasteiger partial charge in [0.25, 0.3) is 0 Å². The highest BCUT2D eigenvalue weighted by Crippen LogP contribution is 2.36. The van der Waals surface area contributed by atoms with Gasteiger partial charge in [-0.15, -0.1) is 0 Å². The number of hydrogen-bond acceptors (Lipinski definition) is 2. The minimum Gasteiger partial charge on any atom is -0.453 e. The van der Waals surface area contributed by atoms with Gasteiger partial charge in [-0.2, -0.15) is 0 Å². The normalized spacial score (nSPS) is 17.1. The quantitative estimate of drug-likeness (QED) is 0.813. The molecule has 2 aromatic rings. The van der Waals surface area contributed by atoms with Crippen LogP contribution in [0.3, 0.4) is 0 Å².